The Hall–Kier alpha value is -2.50. The lowest BCUT2D eigenvalue weighted by Crippen LogP contribution is -2.44. The molecule has 1 aromatic carbocycles. The van der Waals surface area contributed by atoms with Crippen LogP contribution in [0.5, 0.6) is 0 Å². The fourth-order valence-corrected chi connectivity index (χ4v) is 6.17. The molecule has 9 nitrogen and oxygen atoms in total. The van der Waals surface area contributed by atoms with Crippen molar-refractivity contribution in [3.8, 4) is 0 Å². The number of amides is 1. The number of aromatic nitrogens is 1. The molecule has 11 heteroatoms. The molecule has 1 aliphatic heterocycles. The van der Waals surface area contributed by atoms with Crippen LogP contribution in [0.4, 0.5) is 16.1 Å². The van der Waals surface area contributed by atoms with Gasteiger partial charge in [0, 0.05) is 18.8 Å². The van der Waals surface area contributed by atoms with Crippen molar-refractivity contribution in [1.29, 1.82) is 0 Å². The molecular weight excluding hydrogens is 439 g/mol. The van der Waals surface area contributed by atoms with Crippen molar-refractivity contribution >= 4 is 27.8 Å². The van der Waals surface area contributed by atoms with E-state index in [4.69, 9.17) is 4.42 Å². The topological polar surface area (TPSA) is 125 Å². The number of halogens is 1. The molecule has 172 valence electrons. The number of anilines is 2. The van der Waals surface area contributed by atoms with Gasteiger partial charge in [-0.2, -0.15) is 17.7 Å². The molecule has 1 amide bonds. The molecule has 0 bridgehead atoms. The number of hydrogen-bond acceptors (Lipinski definition) is 7. The van der Waals surface area contributed by atoms with Crippen molar-refractivity contribution in [2.75, 3.05) is 18.4 Å². The van der Waals surface area contributed by atoms with E-state index in [2.05, 4.69) is 10.3 Å². The first-order chi connectivity index (χ1) is 15.1. The molecule has 3 N–H and O–H groups in total. The van der Waals surface area contributed by atoms with Crippen LogP contribution in [0.1, 0.15) is 58.9 Å². The molecule has 1 fully saturated rings. The van der Waals surface area contributed by atoms with Gasteiger partial charge >= 0.3 is 10.2 Å². The Balaban J connectivity index is 1.35. The van der Waals surface area contributed by atoms with Gasteiger partial charge in [0.25, 0.3) is 11.9 Å². The van der Waals surface area contributed by atoms with Crippen molar-refractivity contribution in [2.45, 2.75) is 57.5 Å². The second-order valence-corrected chi connectivity index (χ2v) is 10.7. The van der Waals surface area contributed by atoms with E-state index < -0.39 is 21.7 Å². The van der Waals surface area contributed by atoms with Gasteiger partial charge in [-0.1, -0.05) is 0 Å². The van der Waals surface area contributed by atoms with Crippen molar-refractivity contribution in [2.24, 2.45) is 0 Å². The molecular formula is C21H25FN4O5S. The Bertz CT molecular complexity index is 1170. The van der Waals surface area contributed by atoms with E-state index in [9.17, 15) is 22.7 Å². The van der Waals surface area contributed by atoms with Gasteiger partial charge in [0.05, 0.1) is 5.60 Å². The summed E-state index contributed by atoms with van der Waals surface area (Å²) in [5, 5.41) is 13.1. The lowest BCUT2D eigenvalue weighted by atomic mass is 9.98. The summed E-state index contributed by atoms with van der Waals surface area (Å²) < 4.78 is 48.1. The average Bonchev–Trinajstić information content (AvgIpc) is 3.49. The molecule has 1 unspecified atom stereocenters. The predicted octanol–water partition coefficient (Wildman–Crippen LogP) is 1.97. The monoisotopic (exact) mass is 464 g/mol. The molecule has 0 radical (unpaired) electrons. The van der Waals surface area contributed by atoms with Crippen LogP contribution in [0.25, 0.3) is 0 Å². The minimum Gasteiger partial charge on any atom is -0.431 e. The Labute approximate surface area is 185 Å². The number of hydrogen-bond donors (Lipinski definition) is 3. The van der Waals surface area contributed by atoms with Crippen LogP contribution < -0.4 is 10.0 Å². The summed E-state index contributed by atoms with van der Waals surface area (Å²) in [5.74, 6) is -1.02. The Morgan fingerprint density at radius 3 is 2.41 bits per heavy atom. The zero-order valence-electron chi connectivity index (χ0n) is 17.7. The van der Waals surface area contributed by atoms with Crippen molar-refractivity contribution in [3.05, 3.63) is 40.0 Å². The highest BCUT2D eigenvalue weighted by Gasteiger charge is 2.39. The number of oxazole rings is 1. The molecule has 32 heavy (non-hydrogen) atoms. The minimum absolute atomic E-state index is 0.0476. The zero-order chi connectivity index (χ0) is 22.7. The number of aliphatic hydroxyl groups is 1. The highest BCUT2D eigenvalue weighted by molar-refractivity contribution is 7.87. The molecule has 1 atom stereocenters. The molecule has 0 saturated carbocycles. The van der Waals surface area contributed by atoms with Gasteiger partial charge < -0.3 is 14.8 Å². The predicted molar refractivity (Wildman–Crippen MR) is 113 cm³/mol. The quantitative estimate of drug-likeness (QED) is 0.618. The average molecular weight is 465 g/mol. The number of nitrogens with zero attached hydrogens (tertiary/aromatic N) is 2. The standard InChI is InChI=1S/C21H25FN4O5S/c1-21(28)8-9-26(11-21)32(29,30)25-19(27)16-10-31-20(23-16)24-18-14-6-2-4-12(14)17(22)13-5-3-7-15(13)18/h10,28H,2-9,11H2,1H3,(H,23,24)(H,25,27). The molecule has 0 spiro atoms. The van der Waals surface area contributed by atoms with Crippen LogP contribution in [-0.4, -0.2) is 47.4 Å². The maximum atomic E-state index is 14.8. The van der Waals surface area contributed by atoms with Crippen LogP contribution in [0, 0.1) is 5.82 Å². The summed E-state index contributed by atoms with van der Waals surface area (Å²) in [7, 11) is -4.12. The second kappa shape index (κ2) is 7.53. The third-order valence-corrected chi connectivity index (χ3v) is 7.95. The number of β-amino-alcohol motifs (C(OH)–C–C–N with tert-alkyl or cyclic N) is 1. The van der Waals surface area contributed by atoms with Crippen molar-refractivity contribution in [1.82, 2.24) is 14.0 Å². The maximum absolute atomic E-state index is 14.8. The van der Waals surface area contributed by atoms with E-state index in [0.29, 0.717) is 12.8 Å². The van der Waals surface area contributed by atoms with Gasteiger partial charge in [0.2, 0.25) is 0 Å². The van der Waals surface area contributed by atoms with Crippen LogP contribution in [0.15, 0.2) is 10.7 Å². The van der Waals surface area contributed by atoms with E-state index in [-0.39, 0.29) is 37.0 Å². The third kappa shape index (κ3) is 3.67. The summed E-state index contributed by atoms with van der Waals surface area (Å²) in [6.45, 7) is 1.56. The van der Waals surface area contributed by atoms with E-state index in [1.807, 2.05) is 4.72 Å². The number of carbonyl (C=O) groups excluding carboxylic acids is 1. The summed E-state index contributed by atoms with van der Waals surface area (Å²) >= 11 is 0. The largest absolute Gasteiger partial charge is 0.431 e. The normalized spacial score (nSPS) is 22.7. The number of nitrogens with one attached hydrogen (secondary N) is 2. The summed E-state index contributed by atoms with van der Waals surface area (Å²) in [4.78, 5) is 16.6. The van der Waals surface area contributed by atoms with Gasteiger partial charge in [-0.3, -0.25) is 4.79 Å². The maximum Gasteiger partial charge on any atom is 0.304 e. The first-order valence-electron chi connectivity index (χ1n) is 10.8. The van der Waals surface area contributed by atoms with Crippen LogP contribution in [-0.2, 0) is 35.9 Å². The smallest absolute Gasteiger partial charge is 0.304 e. The fourth-order valence-electron chi connectivity index (χ4n) is 4.92. The molecule has 1 aromatic heterocycles. The fraction of sp³-hybridized carbons (Fsp3) is 0.524. The van der Waals surface area contributed by atoms with Gasteiger partial charge in [-0.05, 0) is 74.1 Å². The number of rotatable bonds is 5. The highest BCUT2D eigenvalue weighted by Crippen LogP contribution is 2.41. The first-order valence-corrected chi connectivity index (χ1v) is 12.2. The van der Waals surface area contributed by atoms with Gasteiger partial charge in [-0.15, -0.1) is 0 Å². The van der Waals surface area contributed by atoms with E-state index in [0.717, 1.165) is 64.2 Å². The lowest BCUT2D eigenvalue weighted by molar-refractivity contribution is 0.0758. The van der Waals surface area contributed by atoms with Crippen LogP contribution in [0.3, 0.4) is 0 Å². The molecule has 2 aromatic rings. The molecule has 3 aliphatic rings. The van der Waals surface area contributed by atoms with Crippen molar-refractivity contribution in [3.63, 3.8) is 0 Å². The number of carbonyl (C=O) groups is 1. The third-order valence-electron chi connectivity index (χ3n) is 6.52. The van der Waals surface area contributed by atoms with E-state index in [1.165, 1.54) is 0 Å². The van der Waals surface area contributed by atoms with E-state index >= 15 is 0 Å². The first kappa shape index (κ1) is 21.4. The summed E-state index contributed by atoms with van der Waals surface area (Å²) in [6.07, 6.45) is 6.03. The molecule has 1 saturated heterocycles. The van der Waals surface area contributed by atoms with Crippen LogP contribution in [0.2, 0.25) is 0 Å². The summed E-state index contributed by atoms with van der Waals surface area (Å²) in [5.41, 5.74) is 2.81. The Morgan fingerprint density at radius 2 is 1.81 bits per heavy atom. The van der Waals surface area contributed by atoms with Crippen LogP contribution >= 0.6 is 0 Å². The molecule has 2 heterocycles. The Morgan fingerprint density at radius 1 is 1.19 bits per heavy atom. The summed E-state index contributed by atoms with van der Waals surface area (Å²) in [6, 6.07) is 0.0476. The van der Waals surface area contributed by atoms with Gasteiger partial charge in [-0.25, -0.2) is 9.11 Å². The highest BCUT2D eigenvalue weighted by atomic mass is 32.2. The zero-order valence-corrected chi connectivity index (χ0v) is 18.5. The van der Waals surface area contributed by atoms with Gasteiger partial charge in [0.15, 0.2) is 5.69 Å². The number of fused-ring (bicyclic) bond motifs is 2. The SMILES string of the molecule is CC1(O)CCN(S(=O)(=O)NC(=O)c2coc(Nc3c4c(c(F)c5c3CCC5)CCC4)n2)C1. The van der Waals surface area contributed by atoms with Crippen molar-refractivity contribution < 1.29 is 27.1 Å². The second-order valence-electron chi connectivity index (χ2n) is 8.99. The van der Waals surface area contributed by atoms with E-state index in [1.54, 1.807) is 6.92 Å². The Kier molecular flexibility index (Phi) is 5.02. The van der Waals surface area contributed by atoms with Gasteiger partial charge in [0.1, 0.15) is 12.1 Å². The molecule has 5 rings (SSSR count). The molecule has 2 aliphatic carbocycles. The lowest BCUT2D eigenvalue weighted by Gasteiger charge is -2.18. The number of benzene rings is 1. The minimum atomic E-state index is -4.12.